The van der Waals surface area contributed by atoms with Gasteiger partial charge in [0.25, 0.3) is 0 Å². The lowest BCUT2D eigenvalue weighted by atomic mass is 9.88. The molecule has 7 N–H and O–H groups in total. The van der Waals surface area contributed by atoms with Crippen LogP contribution in [0.15, 0.2) is 90.0 Å². The number of aliphatic hydroxyl groups excluding tert-OH is 3. The molecule has 2 aliphatic heterocycles. The van der Waals surface area contributed by atoms with Gasteiger partial charge in [0.1, 0.15) is 30.9 Å². The van der Waals surface area contributed by atoms with Crippen molar-refractivity contribution in [2.75, 3.05) is 25.6 Å². The number of nitrogen functional groups attached to an aromatic ring is 1. The van der Waals surface area contributed by atoms with Gasteiger partial charge < -0.3 is 45.1 Å². The molecule has 10 atom stereocenters. The average Bonchev–Trinajstić information content (AvgIpc) is 3.34. The number of hydrogen-bond donors (Lipinski definition) is 6. The number of cyclic esters (lactones) is 1. The van der Waals surface area contributed by atoms with Crippen LogP contribution in [0.5, 0.6) is 0 Å². The summed E-state index contributed by atoms with van der Waals surface area (Å²) >= 11 is 0. The molecular formula is C52H81N3O17P2. The zero-order valence-electron chi connectivity index (χ0n) is 43.0. The van der Waals surface area contributed by atoms with E-state index in [1.54, 1.807) is 12.2 Å². The van der Waals surface area contributed by atoms with Crippen LogP contribution in [0.1, 0.15) is 148 Å². The molecule has 3 heterocycles. The molecule has 20 nitrogen and oxygen atoms in total. The Morgan fingerprint density at radius 1 is 0.865 bits per heavy atom. The van der Waals surface area contributed by atoms with E-state index in [2.05, 4.69) is 40.5 Å². The van der Waals surface area contributed by atoms with E-state index in [1.807, 2.05) is 19.1 Å². The Morgan fingerprint density at radius 3 is 2.22 bits per heavy atom. The summed E-state index contributed by atoms with van der Waals surface area (Å²) in [6.07, 6.45) is 26.7. The molecule has 2 aliphatic rings. The number of fused-ring (bicyclic) bond motifs is 3. The predicted octanol–water partition coefficient (Wildman–Crippen LogP) is 8.51. The summed E-state index contributed by atoms with van der Waals surface area (Å²) in [5.74, 6) is -4.77. The lowest BCUT2D eigenvalue weighted by Gasteiger charge is -2.36. The topological polar surface area (TPSA) is 303 Å². The van der Waals surface area contributed by atoms with E-state index >= 15 is 0 Å². The number of unbranched alkanes of at least 4 members (excludes halogenated alkanes) is 9. The number of carbonyl (C=O) groups excluding carboxylic acids is 3. The van der Waals surface area contributed by atoms with Gasteiger partial charge in [-0.2, -0.15) is 9.29 Å². The molecule has 0 fully saturated rings. The Labute approximate surface area is 435 Å². The molecule has 0 aliphatic carbocycles. The minimum Gasteiger partial charge on any atom is -0.462 e. The highest BCUT2D eigenvalue weighted by Crippen LogP contribution is 2.60. The van der Waals surface area contributed by atoms with Crippen LogP contribution in [0.25, 0.3) is 0 Å². The van der Waals surface area contributed by atoms with Gasteiger partial charge in [0.2, 0.25) is 0 Å². The number of phosphoric acid groups is 2. The summed E-state index contributed by atoms with van der Waals surface area (Å²) < 4.78 is 59.1. The second kappa shape index (κ2) is 36.0. The third-order valence-electron chi connectivity index (χ3n) is 12.0. The molecule has 3 rings (SSSR count). The molecule has 0 amide bonds. The average molecular weight is 1080 g/mol. The van der Waals surface area contributed by atoms with Crippen LogP contribution in [0.2, 0.25) is 0 Å². The predicted molar refractivity (Wildman–Crippen MR) is 279 cm³/mol. The number of aromatic nitrogens is 2. The van der Waals surface area contributed by atoms with Gasteiger partial charge in [0.05, 0.1) is 31.3 Å². The fourth-order valence-electron chi connectivity index (χ4n) is 7.83. The highest BCUT2D eigenvalue weighted by atomic mass is 31.3. The van der Waals surface area contributed by atoms with Crippen molar-refractivity contribution in [3.8, 4) is 0 Å². The number of ketones is 1. The largest absolute Gasteiger partial charge is 0.481 e. The first-order valence-electron chi connectivity index (χ1n) is 26.0. The number of nitrogens with zero attached hydrogens (tertiary/aromatic N) is 2. The summed E-state index contributed by atoms with van der Waals surface area (Å²) in [5.41, 5.74) is 4.83. The first kappa shape index (κ1) is 64.1. The fraction of sp³-hybridized carbons (Fsp3) is 0.635. The van der Waals surface area contributed by atoms with Crippen LogP contribution >= 0.6 is 15.6 Å². The molecule has 2 unspecified atom stereocenters. The van der Waals surface area contributed by atoms with Crippen LogP contribution in [-0.4, -0.2) is 103 Å². The van der Waals surface area contributed by atoms with E-state index in [4.69, 9.17) is 29.0 Å². The van der Waals surface area contributed by atoms with Crippen LogP contribution < -0.4 is 11.4 Å². The highest BCUT2D eigenvalue weighted by Gasteiger charge is 2.42. The van der Waals surface area contributed by atoms with Gasteiger partial charge in [-0.05, 0) is 76.4 Å². The van der Waals surface area contributed by atoms with Crippen LogP contribution in [-0.2, 0) is 51.1 Å². The van der Waals surface area contributed by atoms with E-state index in [9.17, 15) is 53.4 Å². The van der Waals surface area contributed by atoms with Crippen molar-refractivity contribution in [3.63, 3.8) is 0 Å². The van der Waals surface area contributed by atoms with E-state index in [1.165, 1.54) is 69.0 Å². The first-order chi connectivity index (χ1) is 35.4. The first-order valence-corrected chi connectivity index (χ1v) is 29.0. The zero-order valence-corrected chi connectivity index (χ0v) is 44.8. The number of aliphatic hydroxyl groups is 3. The number of allylic oxidation sites excluding steroid dienone is 9. The van der Waals surface area contributed by atoms with E-state index in [-0.39, 0.29) is 31.5 Å². The summed E-state index contributed by atoms with van der Waals surface area (Å²) in [7, 11) is -11.3. The zero-order chi connectivity index (χ0) is 54.2. The standard InChI is InChI=1S/C52H81N3O17P2/c1-3-5-7-8-9-10-11-12-13-14-15-16-17-18-19-20-26-30-48(59)70-42-37-67-47(58)29-25-22-21-24-27-40-31-34-44(57)43(33-32-41(56)28-23-6-4-2)49(60)50(61)45(39-69-74(65,66)72-73(63,64)68-38-42)71-51(40)55-36-35-46(53)54-52(55)62/h12-13,15-16,18-19,21,24,31-36,40-43,45,49-51,56,60-61H,3-11,14,17,20,22-23,25-30,37-39H2,1-2H3,(H,63,64)(H,65,66)(H2,53,54,62)/b13-12-,16-15-,19-18-,24-21-,33-32+,34-31-/t40-,41-,42+,43-,45+,49-,50+,51+/m0/s1. The normalized spacial score (nSPS) is 28.8. The van der Waals surface area contributed by atoms with Crippen molar-refractivity contribution in [3.05, 3.63) is 95.7 Å². The third-order valence-corrected chi connectivity index (χ3v) is 14.6. The molecule has 74 heavy (non-hydrogen) atoms. The lowest BCUT2D eigenvalue weighted by Crippen LogP contribution is -2.49. The van der Waals surface area contributed by atoms with Crippen molar-refractivity contribution in [1.82, 2.24) is 9.55 Å². The van der Waals surface area contributed by atoms with Crippen LogP contribution in [0.3, 0.4) is 0 Å². The van der Waals surface area contributed by atoms with Crippen molar-refractivity contribution < 1.29 is 76.2 Å². The molecule has 416 valence electrons. The molecule has 0 aromatic carbocycles. The molecule has 2 bridgehead atoms. The lowest BCUT2D eigenvalue weighted by molar-refractivity contribution is -0.167. The highest BCUT2D eigenvalue weighted by molar-refractivity contribution is 7.61. The summed E-state index contributed by atoms with van der Waals surface area (Å²) in [5, 5.41) is 33.9. The maximum atomic E-state index is 13.8. The molecule has 1 aromatic rings. The molecular weight excluding hydrogens is 1000 g/mol. The number of phosphoric ester groups is 2. The molecule has 0 saturated carbocycles. The molecule has 1 aromatic heterocycles. The van der Waals surface area contributed by atoms with Gasteiger partial charge in [0, 0.05) is 25.0 Å². The van der Waals surface area contributed by atoms with Crippen molar-refractivity contribution in [2.45, 2.75) is 179 Å². The SMILES string of the molecule is CCCCCCCC/C=C\C/C=C\C/C=C\CCCC(=O)O[C@@H]1COC(=O)CCC/C=C\C[C@H]2/C=C\C(=O)[C@H](/C=C/[C@@H](O)CCCCC)[C@H](O)[C@H](O)[C@@H](COP(=O)(O)OP(=O)(O)OC1)O[C@H]2n1ccc(N)nc1=O. The van der Waals surface area contributed by atoms with E-state index in [0.29, 0.717) is 32.1 Å². The summed E-state index contributed by atoms with van der Waals surface area (Å²) in [4.78, 5) is 77.9. The van der Waals surface area contributed by atoms with Crippen LogP contribution in [0, 0.1) is 11.8 Å². The van der Waals surface area contributed by atoms with E-state index < -0.39 is 107 Å². The molecule has 0 spiro atoms. The summed E-state index contributed by atoms with van der Waals surface area (Å²) in [6.45, 7) is 1.49. The number of hydrogen-bond acceptors (Lipinski definition) is 17. The van der Waals surface area contributed by atoms with Gasteiger partial charge in [-0.15, -0.1) is 0 Å². The molecule has 0 radical (unpaired) electrons. The number of ether oxygens (including phenoxy) is 3. The second-order valence-corrected chi connectivity index (χ2v) is 21.4. The van der Waals surface area contributed by atoms with Crippen molar-refractivity contribution in [1.29, 1.82) is 0 Å². The summed E-state index contributed by atoms with van der Waals surface area (Å²) in [6, 6.07) is 1.28. The van der Waals surface area contributed by atoms with Gasteiger partial charge >= 0.3 is 33.3 Å². The van der Waals surface area contributed by atoms with E-state index in [0.717, 1.165) is 42.7 Å². The third kappa shape index (κ3) is 26.5. The fourth-order valence-corrected chi connectivity index (χ4v) is 9.94. The van der Waals surface area contributed by atoms with Gasteiger partial charge in [-0.3, -0.25) is 28.0 Å². The number of nitrogens with two attached hydrogens (primary N) is 1. The Kier molecular flexibility index (Phi) is 31.2. The van der Waals surface area contributed by atoms with Gasteiger partial charge in [-0.1, -0.05) is 132 Å². The minimum absolute atomic E-state index is 0.0450. The second-order valence-electron chi connectivity index (χ2n) is 18.3. The maximum absolute atomic E-state index is 13.8. The van der Waals surface area contributed by atoms with Gasteiger partial charge in [-0.25, -0.2) is 13.9 Å². The number of esters is 2. The van der Waals surface area contributed by atoms with Crippen LogP contribution in [0.4, 0.5) is 5.82 Å². The monoisotopic (exact) mass is 1080 g/mol. The quantitative estimate of drug-likeness (QED) is 0.0259. The smallest absolute Gasteiger partial charge is 0.462 e. The Bertz CT molecular complexity index is 2180. The van der Waals surface area contributed by atoms with Crippen molar-refractivity contribution >= 4 is 39.2 Å². The number of carbonyl (C=O) groups is 3. The Balaban J connectivity index is 1.78. The Hall–Kier alpha value is -4.17. The molecule has 0 saturated heterocycles. The van der Waals surface area contributed by atoms with Crippen molar-refractivity contribution in [2.24, 2.45) is 11.8 Å². The minimum atomic E-state index is -5.69. The molecule has 22 heteroatoms. The van der Waals surface area contributed by atoms with Gasteiger partial charge in [0.15, 0.2) is 11.9 Å². The Morgan fingerprint density at radius 2 is 1.51 bits per heavy atom. The number of rotatable bonds is 23. The maximum Gasteiger partial charge on any atom is 0.481 e. The number of anilines is 1.